The number of nitrogen functional groups attached to an aromatic ring is 1. The number of nitrogens with one attached hydrogen (secondary N) is 1. The molecule has 0 aromatic heterocycles. The summed E-state index contributed by atoms with van der Waals surface area (Å²) in [6, 6.07) is 10.4. The highest BCUT2D eigenvalue weighted by molar-refractivity contribution is 6.31. The molecule has 0 bridgehead atoms. The minimum Gasteiger partial charge on any atom is -0.456 e. The smallest absolute Gasteiger partial charge is 0.273 e. The van der Waals surface area contributed by atoms with Crippen molar-refractivity contribution in [1.29, 1.82) is 5.41 Å². The van der Waals surface area contributed by atoms with Crippen molar-refractivity contribution in [3.63, 3.8) is 0 Å². The van der Waals surface area contributed by atoms with Gasteiger partial charge in [0.15, 0.2) is 0 Å². The van der Waals surface area contributed by atoms with E-state index in [1.807, 2.05) is 0 Å². The van der Waals surface area contributed by atoms with Crippen molar-refractivity contribution in [1.82, 2.24) is 0 Å². The highest BCUT2D eigenvalue weighted by Crippen LogP contribution is 2.29. The molecule has 0 aliphatic rings. The van der Waals surface area contributed by atoms with Crippen LogP contribution in [0, 0.1) is 15.5 Å². The van der Waals surface area contributed by atoms with Crippen LogP contribution in [0.1, 0.15) is 5.56 Å². The zero-order valence-electron chi connectivity index (χ0n) is 10.2. The molecule has 0 aliphatic carbocycles. The summed E-state index contributed by atoms with van der Waals surface area (Å²) in [7, 11) is 0. The van der Waals surface area contributed by atoms with E-state index in [0.717, 1.165) is 0 Å². The van der Waals surface area contributed by atoms with Crippen molar-refractivity contribution >= 4 is 23.1 Å². The molecule has 20 heavy (non-hydrogen) atoms. The molecule has 2 aromatic rings. The molecule has 0 spiro atoms. The molecule has 0 saturated heterocycles. The zero-order valence-corrected chi connectivity index (χ0v) is 10.9. The summed E-state index contributed by atoms with van der Waals surface area (Å²) in [5.41, 5.74) is 5.69. The molecular weight excluding hydrogens is 282 g/mol. The van der Waals surface area contributed by atoms with Crippen LogP contribution in [-0.2, 0) is 0 Å². The summed E-state index contributed by atoms with van der Waals surface area (Å²) in [4.78, 5) is 10.2. The summed E-state index contributed by atoms with van der Waals surface area (Å²) in [6.45, 7) is 0. The Morgan fingerprint density at radius 3 is 2.70 bits per heavy atom. The second-order valence-electron chi connectivity index (χ2n) is 3.91. The summed E-state index contributed by atoms with van der Waals surface area (Å²) < 4.78 is 5.53. The molecule has 2 aromatic carbocycles. The number of amidine groups is 1. The quantitative estimate of drug-likeness (QED) is 0.390. The number of nitro benzene ring substituents is 1. The van der Waals surface area contributed by atoms with Gasteiger partial charge in [-0.25, -0.2) is 0 Å². The highest BCUT2D eigenvalue weighted by Gasteiger charge is 2.11. The molecule has 0 radical (unpaired) electrons. The average molecular weight is 292 g/mol. The number of hydrogen-bond acceptors (Lipinski definition) is 4. The third-order valence-corrected chi connectivity index (χ3v) is 2.72. The number of non-ortho nitro benzene ring substituents is 1. The van der Waals surface area contributed by atoms with E-state index in [1.165, 1.54) is 24.3 Å². The molecule has 2 rings (SSSR count). The first kappa shape index (κ1) is 13.8. The normalized spacial score (nSPS) is 10.1. The predicted molar refractivity (Wildman–Crippen MR) is 75.6 cm³/mol. The van der Waals surface area contributed by atoms with Crippen molar-refractivity contribution in [3.05, 3.63) is 63.2 Å². The molecule has 0 aliphatic heterocycles. The molecule has 7 heteroatoms. The Bertz CT molecular complexity index is 688. The molecule has 0 saturated carbocycles. The second-order valence-corrected chi connectivity index (χ2v) is 4.35. The van der Waals surface area contributed by atoms with Crippen molar-refractivity contribution in [2.75, 3.05) is 0 Å². The lowest BCUT2D eigenvalue weighted by molar-refractivity contribution is -0.384. The standard InChI is InChI=1S/C13H10ClN3O3/c14-8-4-5-12(11(6-8)13(15)16)20-10-3-1-2-9(7-10)17(18)19/h1-7H,(H3,15,16). The Balaban J connectivity index is 2.37. The lowest BCUT2D eigenvalue weighted by Crippen LogP contribution is -2.12. The van der Waals surface area contributed by atoms with Crippen LogP contribution in [-0.4, -0.2) is 10.8 Å². The van der Waals surface area contributed by atoms with E-state index in [4.69, 9.17) is 27.5 Å². The fourth-order valence-corrected chi connectivity index (χ4v) is 1.76. The number of hydrogen-bond donors (Lipinski definition) is 2. The van der Waals surface area contributed by atoms with Crippen LogP contribution >= 0.6 is 11.6 Å². The van der Waals surface area contributed by atoms with Gasteiger partial charge >= 0.3 is 0 Å². The molecule has 102 valence electrons. The van der Waals surface area contributed by atoms with Gasteiger partial charge in [0, 0.05) is 11.1 Å². The number of nitrogens with two attached hydrogens (primary N) is 1. The van der Waals surface area contributed by atoms with Crippen molar-refractivity contribution in [2.24, 2.45) is 5.73 Å². The van der Waals surface area contributed by atoms with Crippen molar-refractivity contribution in [2.45, 2.75) is 0 Å². The van der Waals surface area contributed by atoms with Gasteiger partial charge in [-0.05, 0) is 24.3 Å². The van der Waals surface area contributed by atoms with Gasteiger partial charge in [0.05, 0.1) is 16.6 Å². The molecule has 0 amide bonds. The summed E-state index contributed by atoms with van der Waals surface area (Å²) >= 11 is 5.83. The van der Waals surface area contributed by atoms with E-state index in [-0.39, 0.29) is 17.3 Å². The van der Waals surface area contributed by atoms with E-state index in [0.29, 0.717) is 16.3 Å². The summed E-state index contributed by atoms with van der Waals surface area (Å²) in [6.07, 6.45) is 0. The number of ether oxygens (including phenoxy) is 1. The number of benzene rings is 2. The first-order valence-electron chi connectivity index (χ1n) is 5.53. The highest BCUT2D eigenvalue weighted by atomic mass is 35.5. The van der Waals surface area contributed by atoms with Crippen LogP contribution < -0.4 is 10.5 Å². The van der Waals surface area contributed by atoms with Crippen LogP contribution in [0.5, 0.6) is 11.5 Å². The molecular formula is C13H10ClN3O3. The number of rotatable bonds is 4. The first-order valence-corrected chi connectivity index (χ1v) is 5.91. The number of nitrogens with zero attached hydrogens (tertiary/aromatic N) is 1. The van der Waals surface area contributed by atoms with Gasteiger partial charge in [-0.1, -0.05) is 17.7 Å². The van der Waals surface area contributed by atoms with E-state index in [1.54, 1.807) is 18.2 Å². The maximum absolute atomic E-state index is 10.7. The van der Waals surface area contributed by atoms with Gasteiger partial charge in [-0.15, -0.1) is 0 Å². The molecule has 0 fully saturated rings. The Morgan fingerprint density at radius 1 is 1.30 bits per heavy atom. The van der Waals surface area contributed by atoms with Crippen LogP contribution in [0.3, 0.4) is 0 Å². The SMILES string of the molecule is N=C(N)c1cc(Cl)ccc1Oc1cccc([N+](=O)[O-])c1. The Morgan fingerprint density at radius 2 is 2.05 bits per heavy atom. The topological polar surface area (TPSA) is 102 Å². The zero-order chi connectivity index (χ0) is 14.7. The third-order valence-electron chi connectivity index (χ3n) is 2.49. The molecule has 6 nitrogen and oxygen atoms in total. The Kier molecular flexibility index (Phi) is 3.86. The monoisotopic (exact) mass is 291 g/mol. The lowest BCUT2D eigenvalue weighted by Gasteiger charge is -2.10. The number of nitro groups is 1. The minimum atomic E-state index is -0.513. The molecule has 0 atom stereocenters. The number of halogens is 1. The van der Waals surface area contributed by atoms with Gasteiger partial charge in [0.1, 0.15) is 17.3 Å². The van der Waals surface area contributed by atoms with E-state index in [2.05, 4.69) is 0 Å². The minimum absolute atomic E-state index is 0.0826. The maximum atomic E-state index is 10.7. The molecule has 0 heterocycles. The second kappa shape index (κ2) is 5.58. The van der Waals surface area contributed by atoms with Crippen LogP contribution in [0.25, 0.3) is 0 Å². The lowest BCUT2D eigenvalue weighted by atomic mass is 10.2. The Hall–Kier alpha value is -2.60. The van der Waals surface area contributed by atoms with Crippen molar-refractivity contribution < 1.29 is 9.66 Å². The van der Waals surface area contributed by atoms with Gasteiger partial charge < -0.3 is 10.5 Å². The van der Waals surface area contributed by atoms with Crippen LogP contribution in [0.15, 0.2) is 42.5 Å². The summed E-state index contributed by atoms with van der Waals surface area (Å²) in [5.74, 6) is 0.388. The Labute approximate surface area is 119 Å². The third kappa shape index (κ3) is 3.04. The fraction of sp³-hybridized carbons (Fsp3) is 0. The maximum Gasteiger partial charge on any atom is 0.273 e. The van der Waals surface area contributed by atoms with Crippen LogP contribution in [0.2, 0.25) is 5.02 Å². The van der Waals surface area contributed by atoms with Crippen LogP contribution in [0.4, 0.5) is 5.69 Å². The summed E-state index contributed by atoms with van der Waals surface area (Å²) in [5, 5.41) is 18.6. The van der Waals surface area contributed by atoms with Gasteiger partial charge in [0.25, 0.3) is 5.69 Å². The first-order chi connectivity index (χ1) is 9.47. The largest absolute Gasteiger partial charge is 0.456 e. The van der Waals surface area contributed by atoms with E-state index >= 15 is 0 Å². The van der Waals surface area contributed by atoms with E-state index in [9.17, 15) is 10.1 Å². The molecule has 3 N–H and O–H groups in total. The van der Waals surface area contributed by atoms with E-state index < -0.39 is 4.92 Å². The predicted octanol–water partition coefficient (Wildman–Crippen LogP) is 3.32. The van der Waals surface area contributed by atoms with Gasteiger partial charge in [-0.3, -0.25) is 15.5 Å². The fourth-order valence-electron chi connectivity index (χ4n) is 1.59. The van der Waals surface area contributed by atoms with Gasteiger partial charge in [-0.2, -0.15) is 0 Å². The van der Waals surface area contributed by atoms with Crippen molar-refractivity contribution in [3.8, 4) is 11.5 Å². The molecule has 0 unspecified atom stereocenters. The average Bonchev–Trinajstić information content (AvgIpc) is 2.41. The van der Waals surface area contributed by atoms with Gasteiger partial charge in [0.2, 0.25) is 0 Å².